The van der Waals surface area contributed by atoms with E-state index >= 15 is 0 Å². The van der Waals surface area contributed by atoms with E-state index < -0.39 is 0 Å². The molecule has 0 atom stereocenters. The van der Waals surface area contributed by atoms with Gasteiger partial charge in [0.2, 0.25) is 0 Å². The first kappa shape index (κ1) is 14.1. The van der Waals surface area contributed by atoms with Crippen molar-refractivity contribution in [1.82, 2.24) is 9.97 Å². The molecule has 0 N–H and O–H groups in total. The summed E-state index contributed by atoms with van der Waals surface area (Å²) in [6.45, 7) is 0. The molecule has 0 saturated heterocycles. The Kier molecular flexibility index (Phi) is 3.89. The van der Waals surface area contributed by atoms with Crippen LogP contribution in [0.5, 0.6) is 0 Å². The van der Waals surface area contributed by atoms with Crippen LogP contribution < -0.4 is 0 Å². The van der Waals surface area contributed by atoms with Crippen molar-refractivity contribution in [2.75, 3.05) is 0 Å². The van der Waals surface area contributed by atoms with Crippen molar-refractivity contribution >= 4 is 0 Å². The molecular weight excluding hydrogens is 280 g/mol. The van der Waals surface area contributed by atoms with E-state index in [0.717, 1.165) is 34.1 Å². The molecule has 1 heterocycles. The minimum atomic E-state index is 0.897. The molecule has 0 unspecified atom stereocenters. The third-order valence-corrected chi connectivity index (χ3v) is 3.83. The molecule has 2 nitrogen and oxygen atoms in total. The van der Waals surface area contributed by atoms with Gasteiger partial charge in [0.1, 0.15) is 0 Å². The number of hydrogen-bond donors (Lipinski definition) is 0. The van der Waals surface area contributed by atoms with Gasteiger partial charge in [-0.15, -0.1) is 0 Å². The van der Waals surface area contributed by atoms with E-state index in [1.54, 1.807) is 0 Å². The fourth-order valence-corrected chi connectivity index (χ4v) is 2.68. The van der Waals surface area contributed by atoms with Crippen molar-refractivity contribution < 1.29 is 0 Å². The first-order valence-corrected chi connectivity index (χ1v) is 7.62. The molecule has 0 bridgehead atoms. The van der Waals surface area contributed by atoms with Gasteiger partial charge in [0, 0.05) is 23.2 Å². The first-order chi connectivity index (χ1) is 11.4. The van der Waals surface area contributed by atoms with Gasteiger partial charge in [-0.1, -0.05) is 60.7 Å². The Morgan fingerprint density at radius 2 is 1.17 bits per heavy atom. The fraction of sp³-hybridized carbons (Fsp3) is 0. The van der Waals surface area contributed by atoms with E-state index in [1.807, 2.05) is 55.4 Å². The summed E-state index contributed by atoms with van der Waals surface area (Å²) >= 11 is 0. The number of hydrogen-bond acceptors (Lipinski definition) is 2. The SMILES string of the molecule is [CH]1[CH][CH][C](c2cnc(-c3ccccc3)c(-c3ccccc3)n2)[CH]1. The molecule has 3 aromatic rings. The summed E-state index contributed by atoms with van der Waals surface area (Å²) in [5.74, 6) is 1.09. The average molecular weight is 295 g/mol. The lowest BCUT2D eigenvalue weighted by molar-refractivity contribution is 1.09. The van der Waals surface area contributed by atoms with Crippen LogP contribution in [0.15, 0.2) is 66.9 Å². The summed E-state index contributed by atoms with van der Waals surface area (Å²) in [7, 11) is 0. The Balaban J connectivity index is 1.85. The van der Waals surface area contributed by atoms with Crippen LogP contribution in [0.2, 0.25) is 0 Å². The summed E-state index contributed by atoms with van der Waals surface area (Å²) in [6, 6.07) is 20.4. The molecule has 0 amide bonds. The smallest absolute Gasteiger partial charge is 0.0968 e. The van der Waals surface area contributed by atoms with Crippen molar-refractivity contribution in [1.29, 1.82) is 0 Å². The molecule has 1 aliphatic rings. The highest BCUT2D eigenvalue weighted by Gasteiger charge is 2.22. The maximum atomic E-state index is 4.90. The van der Waals surface area contributed by atoms with E-state index in [-0.39, 0.29) is 0 Å². The first-order valence-electron chi connectivity index (χ1n) is 7.62. The van der Waals surface area contributed by atoms with E-state index in [2.05, 4.69) is 37.1 Å². The third-order valence-electron chi connectivity index (χ3n) is 3.83. The van der Waals surface area contributed by atoms with Gasteiger partial charge in [-0.2, -0.15) is 0 Å². The van der Waals surface area contributed by atoms with E-state index in [4.69, 9.17) is 9.97 Å². The molecular formula is C21H15N2. The topological polar surface area (TPSA) is 25.8 Å². The quantitative estimate of drug-likeness (QED) is 0.707. The van der Waals surface area contributed by atoms with Gasteiger partial charge < -0.3 is 0 Å². The fourth-order valence-electron chi connectivity index (χ4n) is 2.68. The predicted octanol–water partition coefficient (Wildman–Crippen LogP) is 4.56. The molecule has 1 saturated carbocycles. The van der Waals surface area contributed by atoms with Crippen LogP contribution in [0.4, 0.5) is 0 Å². The highest BCUT2D eigenvalue weighted by atomic mass is 14.8. The van der Waals surface area contributed by atoms with Crippen LogP contribution in [0.1, 0.15) is 5.69 Å². The highest BCUT2D eigenvalue weighted by molar-refractivity contribution is 5.78. The molecule has 4 rings (SSSR count). The number of benzene rings is 2. The highest BCUT2D eigenvalue weighted by Crippen LogP contribution is 2.33. The number of rotatable bonds is 3. The normalized spacial score (nSPS) is 15.0. The van der Waals surface area contributed by atoms with Crippen LogP contribution in [-0.4, -0.2) is 9.97 Å². The van der Waals surface area contributed by atoms with Crippen molar-refractivity contribution in [3.05, 3.63) is 104 Å². The second-order valence-electron chi connectivity index (χ2n) is 5.36. The lowest BCUT2D eigenvalue weighted by Crippen LogP contribution is -2.03. The number of aromatic nitrogens is 2. The summed E-state index contributed by atoms with van der Waals surface area (Å²) in [4.78, 5) is 9.62. The van der Waals surface area contributed by atoms with Crippen molar-refractivity contribution in [3.8, 4) is 22.5 Å². The van der Waals surface area contributed by atoms with Crippen LogP contribution in [0, 0.1) is 31.6 Å². The molecule has 109 valence electrons. The predicted molar refractivity (Wildman–Crippen MR) is 92.4 cm³/mol. The van der Waals surface area contributed by atoms with Gasteiger partial charge in [0.25, 0.3) is 0 Å². The molecule has 0 aliphatic heterocycles. The maximum Gasteiger partial charge on any atom is 0.0968 e. The van der Waals surface area contributed by atoms with Crippen molar-refractivity contribution in [3.63, 3.8) is 0 Å². The standard InChI is InChI=1S/C21H15N2/c1-3-11-17(12-4-1)20-21(18-13-5-2-6-14-18)23-19(15-22-20)16-9-7-8-10-16/h1-15H. The lowest BCUT2D eigenvalue weighted by atomic mass is 10.0. The Morgan fingerprint density at radius 3 is 1.78 bits per heavy atom. The van der Waals surface area contributed by atoms with E-state index in [0.29, 0.717) is 0 Å². The Labute approximate surface area is 137 Å². The summed E-state index contributed by atoms with van der Waals surface area (Å²) in [5.41, 5.74) is 4.87. The van der Waals surface area contributed by atoms with Gasteiger partial charge in [0.15, 0.2) is 0 Å². The number of nitrogens with zero attached hydrogens (tertiary/aromatic N) is 2. The largest absolute Gasteiger partial charge is 0.252 e. The minimum absolute atomic E-state index is 0.897. The average Bonchev–Trinajstić information content (AvgIpc) is 3.17. The second-order valence-corrected chi connectivity index (χ2v) is 5.36. The Morgan fingerprint density at radius 1 is 0.609 bits per heavy atom. The van der Waals surface area contributed by atoms with Crippen LogP contribution in [-0.2, 0) is 0 Å². The summed E-state index contributed by atoms with van der Waals surface area (Å²) in [5, 5.41) is 0. The third kappa shape index (κ3) is 2.89. The van der Waals surface area contributed by atoms with Crippen LogP contribution >= 0.6 is 0 Å². The molecule has 23 heavy (non-hydrogen) atoms. The molecule has 2 heteroatoms. The molecule has 0 spiro atoms. The van der Waals surface area contributed by atoms with Gasteiger partial charge >= 0.3 is 0 Å². The molecule has 1 fully saturated rings. The Bertz CT molecular complexity index is 775. The zero-order chi connectivity index (χ0) is 15.5. The van der Waals surface area contributed by atoms with E-state index in [1.165, 1.54) is 0 Å². The summed E-state index contributed by atoms with van der Waals surface area (Å²) in [6.07, 6.45) is 10.0. The Hall–Kier alpha value is -2.48. The molecule has 5 radical (unpaired) electrons. The molecule has 1 aliphatic carbocycles. The van der Waals surface area contributed by atoms with Gasteiger partial charge in [-0.3, -0.25) is 4.98 Å². The maximum absolute atomic E-state index is 4.90. The van der Waals surface area contributed by atoms with Gasteiger partial charge in [-0.25, -0.2) is 4.98 Å². The van der Waals surface area contributed by atoms with Crippen molar-refractivity contribution in [2.24, 2.45) is 0 Å². The van der Waals surface area contributed by atoms with Gasteiger partial charge in [-0.05, 0) is 25.7 Å². The minimum Gasteiger partial charge on any atom is -0.252 e. The monoisotopic (exact) mass is 295 g/mol. The lowest BCUT2D eigenvalue weighted by Gasteiger charge is -2.13. The van der Waals surface area contributed by atoms with E-state index in [9.17, 15) is 0 Å². The molecule has 2 aromatic carbocycles. The second kappa shape index (κ2) is 6.33. The van der Waals surface area contributed by atoms with Crippen molar-refractivity contribution in [2.45, 2.75) is 0 Å². The zero-order valence-electron chi connectivity index (χ0n) is 12.6. The van der Waals surface area contributed by atoms with Crippen LogP contribution in [0.25, 0.3) is 22.5 Å². The summed E-state index contributed by atoms with van der Waals surface area (Å²) < 4.78 is 0. The van der Waals surface area contributed by atoms with Gasteiger partial charge in [0.05, 0.1) is 17.1 Å². The molecule has 1 aromatic heterocycles. The zero-order valence-corrected chi connectivity index (χ0v) is 12.6. The van der Waals surface area contributed by atoms with Crippen LogP contribution in [0.3, 0.4) is 0 Å².